The van der Waals surface area contributed by atoms with Crippen molar-refractivity contribution >= 4 is 57.1 Å². The second-order valence-corrected chi connectivity index (χ2v) is 14.0. The summed E-state index contributed by atoms with van der Waals surface area (Å²) < 4.78 is 31.2. The number of benzene rings is 3. The van der Waals surface area contributed by atoms with Crippen molar-refractivity contribution in [1.82, 2.24) is 24.1 Å². The number of thioether (sulfide) groups is 2. The molecule has 6 aromatic rings. The number of fused-ring (bicyclic) bond motifs is 2. The first kappa shape index (κ1) is 35.1. The van der Waals surface area contributed by atoms with Crippen molar-refractivity contribution < 1.29 is 28.6 Å². The summed E-state index contributed by atoms with van der Waals surface area (Å²) in [4.78, 5) is 26.0. The fourth-order valence-corrected chi connectivity index (χ4v) is 8.25. The number of hydrogen-bond donors (Lipinski definition) is 1. The first-order valence-electron chi connectivity index (χ1n) is 15.9. The minimum Gasteiger partial charge on any atom is -0.507 e. The molecule has 0 radical (unpaired) electrons. The van der Waals surface area contributed by atoms with Crippen molar-refractivity contribution in [2.45, 2.75) is 41.9 Å². The molecule has 0 saturated carbocycles. The smallest absolute Gasteiger partial charge is 0.354 e. The molecular formula is C37H38FN5O5S2. The summed E-state index contributed by atoms with van der Waals surface area (Å²) in [7, 11) is 8.07. The molecule has 0 spiro atoms. The Bertz CT molecular complexity index is 2260. The number of aromatic nitrogens is 5. The number of aromatic hydroxyl groups is 1. The summed E-state index contributed by atoms with van der Waals surface area (Å²) in [5.41, 5.74) is 5.85. The molecule has 13 heteroatoms. The Labute approximate surface area is 297 Å². The summed E-state index contributed by atoms with van der Waals surface area (Å²) >= 11 is 3.27. The molecule has 0 saturated heterocycles. The quantitative estimate of drug-likeness (QED) is 0.104. The third-order valence-electron chi connectivity index (χ3n) is 8.97. The monoisotopic (exact) mass is 715 g/mol. The third-order valence-corrected chi connectivity index (χ3v) is 11.0. The second kappa shape index (κ2) is 14.6. The fraction of sp³-hybridized carbons (Fsp3) is 0.297. The maximum atomic E-state index is 16.0. The zero-order valence-corrected chi connectivity index (χ0v) is 30.4. The normalized spacial score (nSPS) is 11.5. The Balaban J connectivity index is 1.25. The Kier molecular flexibility index (Phi) is 10.3. The van der Waals surface area contributed by atoms with Gasteiger partial charge in [-0.15, -0.1) is 23.5 Å². The molecule has 3 aromatic heterocycles. The molecule has 3 heterocycles. The lowest BCUT2D eigenvalue weighted by molar-refractivity contribution is -0.140. The van der Waals surface area contributed by atoms with Crippen LogP contribution in [0.25, 0.3) is 32.8 Å². The molecule has 0 aliphatic rings. The van der Waals surface area contributed by atoms with Gasteiger partial charge in [0.1, 0.15) is 17.3 Å². The molecule has 0 aliphatic carbocycles. The van der Waals surface area contributed by atoms with E-state index in [9.17, 15) is 14.7 Å². The van der Waals surface area contributed by atoms with E-state index in [0.717, 1.165) is 32.7 Å². The first-order chi connectivity index (χ1) is 24.0. The van der Waals surface area contributed by atoms with Crippen LogP contribution in [0.15, 0.2) is 59.5 Å². The van der Waals surface area contributed by atoms with Gasteiger partial charge in [0.2, 0.25) is 0 Å². The lowest BCUT2D eigenvalue weighted by Crippen LogP contribution is -2.11. The van der Waals surface area contributed by atoms with Gasteiger partial charge in [-0.2, -0.15) is 10.2 Å². The number of phenolic OH excluding ortho intramolecular Hbond substituents is 1. The van der Waals surface area contributed by atoms with E-state index in [4.69, 9.17) is 19.7 Å². The first-order valence-corrected chi connectivity index (χ1v) is 18.1. The number of carbonyl (C=O) groups excluding carboxylic acids is 2. The fourth-order valence-electron chi connectivity index (χ4n) is 6.41. The maximum absolute atomic E-state index is 16.0. The highest BCUT2D eigenvalue weighted by Crippen LogP contribution is 2.40. The van der Waals surface area contributed by atoms with Gasteiger partial charge < -0.3 is 19.1 Å². The summed E-state index contributed by atoms with van der Waals surface area (Å²) in [6.45, 7) is 1.90. The maximum Gasteiger partial charge on any atom is 0.354 e. The molecule has 0 amide bonds. The van der Waals surface area contributed by atoms with Crippen LogP contribution < -0.4 is 0 Å². The number of esters is 2. The van der Waals surface area contributed by atoms with Crippen LogP contribution in [0.5, 0.6) is 5.75 Å². The van der Waals surface area contributed by atoms with Gasteiger partial charge >= 0.3 is 11.9 Å². The molecule has 0 atom stereocenters. The number of nitrogens with zero attached hydrogens (tertiary/aromatic N) is 5. The number of halogens is 1. The Morgan fingerprint density at radius 3 is 2.44 bits per heavy atom. The van der Waals surface area contributed by atoms with Crippen LogP contribution in [0.1, 0.15) is 45.2 Å². The van der Waals surface area contributed by atoms with Crippen LogP contribution in [0.2, 0.25) is 0 Å². The Morgan fingerprint density at radius 1 is 0.900 bits per heavy atom. The van der Waals surface area contributed by atoms with Crippen molar-refractivity contribution in [1.29, 1.82) is 0 Å². The van der Waals surface area contributed by atoms with Crippen molar-refractivity contribution in [3.63, 3.8) is 0 Å². The third kappa shape index (κ3) is 6.71. The Hall–Kier alpha value is -4.75. The molecule has 50 heavy (non-hydrogen) atoms. The van der Waals surface area contributed by atoms with Crippen LogP contribution in [0.3, 0.4) is 0 Å². The summed E-state index contributed by atoms with van der Waals surface area (Å²) in [5, 5.41) is 22.5. The average Bonchev–Trinajstić information content (AvgIpc) is 3.71. The molecule has 0 unspecified atom stereocenters. The van der Waals surface area contributed by atoms with Crippen molar-refractivity contribution in [3.8, 4) is 16.9 Å². The van der Waals surface area contributed by atoms with Gasteiger partial charge in [-0.05, 0) is 54.6 Å². The van der Waals surface area contributed by atoms with E-state index >= 15 is 4.39 Å². The number of hydrogen-bond acceptors (Lipinski definition) is 9. The number of methoxy groups -OCH3 is 2. The number of rotatable bonds is 12. The molecule has 6 rings (SSSR count). The van der Waals surface area contributed by atoms with E-state index in [1.54, 1.807) is 52.0 Å². The predicted octanol–water partition coefficient (Wildman–Crippen LogP) is 7.24. The van der Waals surface area contributed by atoms with Gasteiger partial charge in [-0.1, -0.05) is 24.3 Å². The number of ether oxygens (including phenoxy) is 2. The van der Waals surface area contributed by atoms with Crippen LogP contribution in [0.4, 0.5) is 4.39 Å². The predicted molar refractivity (Wildman–Crippen MR) is 195 cm³/mol. The highest BCUT2D eigenvalue weighted by atomic mass is 32.2. The zero-order valence-electron chi connectivity index (χ0n) is 28.7. The standard InChI is InChI=1S/C37H38FN5O5S2/c1-21-33(34-29(38)13-11-27-28(12-14-32(45)47-5)36(37(46)48-6)41(2)35(27)34)30(40-42(21)3)20-49-18-23-16-24(43(4)39-23)19-50-25-15-22-9-7-8-10-26(22)31(44)17-25/h7-11,13,15-17,44H,12,14,18-20H2,1-6H3. The number of carbonyl (C=O) groups is 2. The van der Waals surface area contributed by atoms with Gasteiger partial charge in [0.05, 0.1) is 31.1 Å². The van der Waals surface area contributed by atoms with Gasteiger partial charge in [-0.25, -0.2) is 9.18 Å². The molecule has 260 valence electrons. The van der Waals surface area contributed by atoms with Gasteiger partial charge in [-0.3, -0.25) is 14.2 Å². The Morgan fingerprint density at radius 2 is 1.68 bits per heavy atom. The molecule has 0 aliphatic heterocycles. The van der Waals surface area contributed by atoms with E-state index in [1.165, 1.54) is 20.3 Å². The van der Waals surface area contributed by atoms with Gasteiger partial charge in [0.15, 0.2) is 0 Å². The van der Waals surface area contributed by atoms with Crippen LogP contribution in [-0.2, 0) is 59.1 Å². The highest BCUT2D eigenvalue weighted by Gasteiger charge is 2.28. The van der Waals surface area contributed by atoms with E-state index in [2.05, 4.69) is 12.1 Å². The largest absolute Gasteiger partial charge is 0.507 e. The molecule has 3 aromatic carbocycles. The van der Waals surface area contributed by atoms with Gasteiger partial charge in [0, 0.05) is 83.0 Å². The average molecular weight is 716 g/mol. The SMILES string of the molecule is COC(=O)CCc1c(C(=O)OC)n(C)c2c(-c3c(CSCc4cc(CSc5cc(O)c6ccccc6c5)n(C)n4)nn(C)c3C)c(F)ccc12. The van der Waals surface area contributed by atoms with Crippen molar-refractivity contribution in [2.24, 2.45) is 21.1 Å². The molecule has 1 N–H and O–H groups in total. The minimum atomic E-state index is -0.572. The minimum absolute atomic E-state index is 0.0566. The van der Waals surface area contributed by atoms with Crippen LogP contribution in [-0.4, -0.2) is 55.4 Å². The van der Waals surface area contributed by atoms with Crippen molar-refractivity contribution in [3.05, 3.63) is 94.4 Å². The summed E-state index contributed by atoms with van der Waals surface area (Å²) in [6, 6.07) is 16.8. The second-order valence-electron chi connectivity index (χ2n) is 12.0. The molecule has 10 nitrogen and oxygen atoms in total. The number of phenols is 1. The van der Waals surface area contributed by atoms with E-state index in [1.807, 2.05) is 50.0 Å². The van der Waals surface area contributed by atoms with E-state index < -0.39 is 17.8 Å². The van der Waals surface area contributed by atoms with Crippen LogP contribution >= 0.6 is 23.5 Å². The molecular weight excluding hydrogens is 678 g/mol. The van der Waals surface area contributed by atoms with E-state index in [0.29, 0.717) is 50.5 Å². The topological polar surface area (TPSA) is 113 Å². The van der Waals surface area contributed by atoms with Crippen LogP contribution in [0, 0.1) is 12.7 Å². The highest BCUT2D eigenvalue weighted by molar-refractivity contribution is 7.98. The van der Waals surface area contributed by atoms with Gasteiger partial charge in [0.25, 0.3) is 0 Å². The summed E-state index contributed by atoms with van der Waals surface area (Å²) in [6.07, 6.45) is 0.282. The lowest BCUT2D eigenvalue weighted by Gasteiger charge is -2.11. The zero-order chi connectivity index (χ0) is 35.7. The number of aryl methyl sites for hydroxylation is 4. The summed E-state index contributed by atoms with van der Waals surface area (Å²) in [5.74, 6) is 0.637. The lowest BCUT2D eigenvalue weighted by atomic mass is 9.98. The molecule has 0 bridgehead atoms. The van der Waals surface area contributed by atoms with E-state index in [-0.39, 0.29) is 24.3 Å². The molecule has 0 fully saturated rings. The van der Waals surface area contributed by atoms with Crippen molar-refractivity contribution in [2.75, 3.05) is 14.2 Å².